The number of hydrogen-bond acceptors (Lipinski definition) is 8. The summed E-state index contributed by atoms with van der Waals surface area (Å²) in [4.78, 5) is 36.7. The Morgan fingerprint density at radius 1 is 1.38 bits per heavy atom. The number of nitro groups is 1. The highest BCUT2D eigenvalue weighted by molar-refractivity contribution is 8.01. The van der Waals surface area contributed by atoms with Crippen molar-refractivity contribution in [1.29, 1.82) is 5.26 Å². The summed E-state index contributed by atoms with van der Waals surface area (Å²) in [7, 11) is 0. The van der Waals surface area contributed by atoms with Crippen LogP contribution in [0.1, 0.15) is 46.1 Å². The van der Waals surface area contributed by atoms with Crippen LogP contribution in [-0.2, 0) is 28.1 Å². The first-order chi connectivity index (χ1) is 15.4. The number of nitrogens with zero attached hydrogens (tertiary/aromatic N) is 2. The minimum absolute atomic E-state index is 0.0153. The number of fused-ring (bicyclic) bond motifs is 1. The molecule has 8 nitrogen and oxygen atoms in total. The van der Waals surface area contributed by atoms with E-state index in [0.717, 1.165) is 36.1 Å². The Morgan fingerprint density at radius 2 is 2.16 bits per heavy atom. The van der Waals surface area contributed by atoms with E-state index in [1.54, 1.807) is 19.1 Å². The van der Waals surface area contributed by atoms with Gasteiger partial charge in [0, 0.05) is 22.8 Å². The van der Waals surface area contributed by atoms with Crippen molar-refractivity contribution in [2.45, 2.75) is 38.4 Å². The lowest BCUT2D eigenvalue weighted by molar-refractivity contribution is -0.384. The molecule has 3 rings (SSSR count). The molecule has 0 aliphatic heterocycles. The number of anilines is 1. The van der Waals surface area contributed by atoms with Gasteiger partial charge >= 0.3 is 5.97 Å². The van der Waals surface area contributed by atoms with Gasteiger partial charge in [0.15, 0.2) is 0 Å². The second-order valence-corrected chi connectivity index (χ2v) is 8.93. The Morgan fingerprint density at radius 3 is 2.88 bits per heavy atom. The average molecular weight is 472 g/mol. The predicted molar refractivity (Wildman–Crippen MR) is 124 cm³/mol. The molecule has 10 heteroatoms. The molecule has 1 aromatic carbocycles. The maximum atomic E-state index is 12.7. The highest BCUT2D eigenvalue weighted by Crippen LogP contribution is 2.38. The molecule has 0 unspecified atom stereocenters. The number of carbonyl (C=O) groups excluding carboxylic acids is 2. The Kier molecular flexibility index (Phi) is 8.03. The van der Waals surface area contributed by atoms with Crippen LogP contribution in [-0.4, -0.2) is 23.4 Å². The third kappa shape index (κ3) is 5.55. The number of esters is 1. The summed E-state index contributed by atoms with van der Waals surface area (Å²) in [5.74, 6) is -0.713. The number of nitriles is 1. The molecule has 1 aromatic heterocycles. The zero-order valence-corrected chi connectivity index (χ0v) is 19.0. The number of nitro benzene ring substituents is 1. The van der Waals surface area contributed by atoms with Gasteiger partial charge in [-0.15, -0.1) is 23.1 Å². The minimum Gasteiger partial charge on any atom is -0.462 e. The number of ether oxygens (including phenoxy) is 1. The number of amides is 1. The number of non-ortho nitro benzene ring substituents is 1. The van der Waals surface area contributed by atoms with Crippen LogP contribution >= 0.6 is 23.1 Å². The normalized spacial score (nSPS) is 13.1. The van der Waals surface area contributed by atoms with E-state index in [1.807, 2.05) is 6.07 Å². The molecule has 1 aliphatic rings. The molecule has 1 N–H and O–H groups in total. The van der Waals surface area contributed by atoms with Gasteiger partial charge in [-0.05, 0) is 49.1 Å². The molecule has 0 saturated carbocycles. The van der Waals surface area contributed by atoms with Crippen molar-refractivity contribution in [2.75, 3.05) is 11.9 Å². The summed E-state index contributed by atoms with van der Waals surface area (Å²) in [6, 6.07) is 8.06. The van der Waals surface area contributed by atoms with Crippen LogP contribution < -0.4 is 5.32 Å². The lowest BCUT2D eigenvalue weighted by Crippen LogP contribution is -2.16. The third-order valence-corrected chi connectivity index (χ3v) is 6.93. The topological polar surface area (TPSA) is 122 Å². The van der Waals surface area contributed by atoms with E-state index in [-0.39, 0.29) is 17.9 Å². The zero-order chi connectivity index (χ0) is 23.1. The molecule has 0 spiro atoms. The van der Waals surface area contributed by atoms with Gasteiger partial charge < -0.3 is 10.1 Å². The number of hydrogen-bond donors (Lipinski definition) is 1. The number of benzene rings is 1. The lowest BCUT2D eigenvalue weighted by atomic mass is 9.95. The Balaban J connectivity index is 1.74. The first kappa shape index (κ1) is 23.5. The van der Waals surface area contributed by atoms with Crippen molar-refractivity contribution in [3.8, 4) is 6.07 Å². The Hall–Kier alpha value is -3.16. The van der Waals surface area contributed by atoms with Gasteiger partial charge in [-0.3, -0.25) is 14.9 Å². The number of nitrogens with one attached hydrogen (secondary N) is 1. The van der Waals surface area contributed by atoms with Gasteiger partial charge in [0.05, 0.1) is 17.1 Å². The van der Waals surface area contributed by atoms with E-state index in [0.29, 0.717) is 21.9 Å². The smallest absolute Gasteiger partial charge is 0.341 e. The van der Waals surface area contributed by atoms with Crippen LogP contribution in [0.2, 0.25) is 0 Å². The summed E-state index contributed by atoms with van der Waals surface area (Å²) >= 11 is 2.55. The standard InChI is InChI=1S/C22H21N3O5S2/c1-2-30-22(27)19-17-8-3-4-9-18(17)32-21(19)24-20(26)15(11-23)13-31-12-14-6-5-7-16(10-14)25(28)29/h5-7,10,13H,2-4,8-9,12H2,1H3,(H,24,26)/b15-13+. The molecule has 1 amide bonds. The van der Waals surface area contributed by atoms with Crippen LogP contribution in [0.3, 0.4) is 0 Å². The second-order valence-electron chi connectivity index (χ2n) is 6.97. The SMILES string of the molecule is CCOC(=O)c1c(NC(=O)/C(C#N)=C/SCc2cccc([N+](=O)[O-])c2)sc2c1CCCC2. The number of thioether (sulfide) groups is 1. The summed E-state index contributed by atoms with van der Waals surface area (Å²) in [5.41, 5.74) is 1.90. The molecule has 1 aliphatic carbocycles. The second kappa shape index (κ2) is 10.9. The molecule has 0 bridgehead atoms. The highest BCUT2D eigenvalue weighted by Gasteiger charge is 2.27. The first-order valence-corrected chi connectivity index (χ1v) is 11.9. The maximum absolute atomic E-state index is 12.7. The quantitative estimate of drug-likeness (QED) is 0.189. The Labute approximate surface area is 193 Å². The molecule has 32 heavy (non-hydrogen) atoms. The van der Waals surface area contributed by atoms with Crippen LogP contribution in [0.15, 0.2) is 35.2 Å². The van der Waals surface area contributed by atoms with Crippen LogP contribution in [0.5, 0.6) is 0 Å². The molecule has 0 fully saturated rings. The fraction of sp³-hybridized carbons (Fsp3) is 0.318. The van der Waals surface area contributed by atoms with Gasteiger partial charge in [-0.2, -0.15) is 5.26 Å². The van der Waals surface area contributed by atoms with E-state index in [2.05, 4.69) is 5.32 Å². The highest BCUT2D eigenvalue weighted by atomic mass is 32.2. The minimum atomic E-state index is -0.608. The van der Waals surface area contributed by atoms with Crippen molar-refractivity contribution in [3.05, 3.63) is 66.9 Å². The molecule has 1 heterocycles. The number of thiophene rings is 1. The molecule has 0 radical (unpaired) electrons. The largest absolute Gasteiger partial charge is 0.462 e. The molecular weight excluding hydrogens is 450 g/mol. The monoisotopic (exact) mass is 471 g/mol. The number of aryl methyl sites for hydroxylation is 1. The maximum Gasteiger partial charge on any atom is 0.341 e. The van der Waals surface area contributed by atoms with Crippen molar-refractivity contribution < 1.29 is 19.2 Å². The van der Waals surface area contributed by atoms with E-state index in [9.17, 15) is 25.0 Å². The molecular formula is C22H21N3O5S2. The molecule has 166 valence electrons. The van der Waals surface area contributed by atoms with Crippen LogP contribution in [0.25, 0.3) is 0 Å². The van der Waals surface area contributed by atoms with E-state index in [1.165, 1.54) is 40.6 Å². The molecule has 0 atom stereocenters. The average Bonchev–Trinajstić information content (AvgIpc) is 3.14. The molecule has 2 aromatic rings. The fourth-order valence-electron chi connectivity index (χ4n) is 3.36. The van der Waals surface area contributed by atoms with E-state index >= 15 is 0 Å². The Bertz CT molecular complexity index is 1120. The zero-order valence-electron chi connectivity index (χ0n) is 17.4. The summed E-state index contributed by atoms with van der Waals surface area (Å²) < 4.78 is 5.19. The summed E-state index contributed by atoms with van der Waals surface area (Å²) in [6.07, 6.45) is 3.61. The van der Waals surface area contributed by atoms with Gasteiger partial charge in [-0.25, -0.2) is 4.79 Å². The fourth-order valence-corrected chi connectivity index (χ4v) is 5.41. The van der Waals surface area contributed by atoms with Crippen molar-refractivity contribution in [1.82, 2.24) is 0 Å². The first-order valence-electron chi connectivity index (χ1n) is 10.0. The van der Waals surface area contributed by atoms with Crippen molar-refractivity contribution >= 4 is 45.7 Å². The summed E-state index contributed by atoms with van der Waals surface area (Å²) in [6.45, 7) is 1.96. The van der Waals surface area contributed by atoms with Gasteiger partial charge in [0.25, 0.3) is 11.6 Å². The van der Waals surface area contributed by atoms with Gasteiger partial charge in [0.1, 0.15) is 16.6 Å². The van der Waals surface area contributed by atoms with Crippen molar-refractivity contribution in [3.63, 3.8) is 0 Å². The molecule has 0 saturated heterocycles. The third-order valence-electron chi connectivity index (χ3n) is 4.82. The lowest BCUT2D eigenvalue weighted by Gasteiger charge is -2.12. The number of rotatable bonds is 8. The van der Waals surface area contributed by atoms with Crippen LogP contribution in [0.4, 0.5) is 10.7 Å². The van der Waals surface area contributed by atoms with Gasteiger partial charge in [0.2, 0.25) is 0 Å². The van der Waals surface area contributed by atoms with Crippen LogP contribution in [0, 0.1) is 21.4 Å². The summed E-state index contributed by atoms with van der Waals surface area (Å²) in [5, 5.41) is 24.9. The van der Waals surface area contributed by atoms with E-state index in [4.69, 9.17) is 4.74 Å². The van der Waals surface area contributed by atoms with Gasteiger partial charge in [-0.1, -0.05) is 12.1 Å². The van der Waals surface area contributed by atoms with E-state index < -0.39 is 16.8 Å². The predicted octanol–water partition coefficient (Wildman–Crippen LogP) is 4.99. The van der Waals surface area contributed by atoms with Crippen molar-refractivity contribution in [2.24, 2.45) is 0 Å². The number of carbonyl (C=O) groups is 2.